The zero-order chi connectivity index (χ0) is 10.3. The van der Waals surface area contributed by atoms with E-state index < -0.39 is 9.84 Å². The Morgan fingerprint density at radius 3 is 2.46 bits per heavy atom. The van der Waals surface area contributed by atoms with Crippen LogP contribution in [0.1, 0.15) is 26.7 Å². The Balaban J connectivity index is 3.85. The van der Waals surface area contributed by atoms with Crippen molar-refractivity contribution in [3.8, 4) is 0 Å². The van der Waals surface area contributed by atoms with Crippen molar-refractivity contribution in [1.29, 1.82) is 0 Å². The molecule has 0 aromatic carbocycles. The van der Waals surface area contributed by atoms with Gasteiger partial charge in [-0.15, -0.1) is 0 Å². The van der Waals surface area contributed by atoms with E-state index in [9.17, 15) is 8.42 Å². The predicted molar refractivity (Wildman–Crippen MR) is 55.7 cm³/mol. The van der Waals surface area contributed by atoms with E-state index in [-0.39, 0.29) is 11.5 Å². The SMILES string of the molecule is CCCC(N)=NCCS(=O)(=O)CC. The molecular weight excluding hydrogens is 188 g/mol. The third-order valence-corrected chi connectivity index (χ3v) is 3.35. The van der Waals surface area contributed by atoms with Gasteiger partial charge in [0.15, 0.2) is 9.84 Å². The summed E-state index contributed by atoms with van der Waals surface area (Å²) < 4.78 is 22.1. The maximum Gasteiger partial charge on any atom is 0.151 e. The maximum absolute atomic E-state index is 11.0. The molecule has 0 aliphatic carbocycles. The predicted octanol–water partition coefficient (Wildman–Crippen LogP) is 0.578. The molecule has 2 N–H and O–H groups in total. The molecule has 5 heteroatoms. The van der Waals surface area contributed by atoms with Gasteiger partial charge in [0.1, 0.15) is 0 Å². The Hall–Kier alpha value is -0.580. The Kier molecular flexibility index (Phi) is 5.70. The summed E-state index contributed by atoms with van der Waals surface area (Å²) >= 11 is 0. The Morgan fingerprint density at radius 1 is 1.38 bits per heavy atom. The maximum atomic E-state index is 11.0. The number of hydrogen-bond acceptors (Lipinski definition) is 3. The van der Waals surface area contributed by atoms with Gasteiger partial charge in [0.25, 0.3) is 0 Å². The van der Waals surface area contributed by atoms with Gasteiger partial charge in [-0.1, -0.05) is 13.8 Å². The van der Waals surface area contributed by atoms with Crippen molar-refractivity contribution >= 4 is 15.7 Å². The van der Waals surface area contributed by atoms with Crippen LogP contribution in [-0.4, -0.2) is 32.3 Å². The lowest BCUT2D eigenvalue weighted by molar-refractivity contribution is 0.597. The third-order valence-electron chi connectivity index (χ3n) is 1.66. The minimum Gasteiger partial charge on any atom is -0.387 e. The van der Waals surface area contributed by atoms with Gasteiger partial charge in [-0.25, -0.2) is 8.42 Å². The van der Waals surface area contributed by atoms with Crippen LogP contribution in [0.15, 0.2) is 4.99 Å². The van der Waals surface area contributed by atoms with Gasteiger partial charge >= 0.3 is 0 Å². The minimum absolute atomic E-state index is 0.105. The Bertz CT molecular complexity index is 257. The second-order valence-electron chi connectivity index (χ2n) is 2.86. The molecule has 0 aliphatic heterocycles. The summed E-state index contributed by atoms with van der Waals surface area (Å²) in [5.74, 6) is 0.832. The molecule has 0 spiro atoms. The van der Waals surface area contributed by atoms with Crippen LogP contribution in [0.4, 0.5) is 0 Å². The number of sulfone groups is 1. The van der Waals surface area contributed by atoms with Crippen LogP contribution < -0.4 is 5.73 Å². The van der Waals surface area contributed by atoms with Gasteiger partial charge in [-0.05, 0) is 6.42 Å². The highest BCUT2D eigenvalue weighted by Crippen LogP contribution is 1.91. The van der Waals surface area contributed by atoms with Crippen molar-refractivity contribution in [3.05, 3.63) is 0 Å². The number of rotatable bonds is 6. The average molecular weight is 206 g/mol. The zero-order valence-corrected chi connectivity index (χ0v) is 9.10. The number of aliphatic imine (C=N–C) groups is 1. The first-order valence-corrected chi connectivity index (χ1v) is 6.33. The van der Waals surface area contributed by atoms with Crippen LogP contribution >= 0.6 is 0 Å². The van der Waals surface area contributed by atoms with Crippen molar-refractivity contribution in [1.82, 2.24) is 0 Å². The van der Waals surface area contributed by atoms with E-state index in [2.05, 4.69) is 4.99 Å². The first kappa shape index (κ1) is 12.4. The van der Waals surface area contributed by atoms with Crippen LogP contribution in [-0.2, 0) is 9.84 Å². The van der Waals surface area contributed by atoms with E-state index in [1.54, 1.807) is 6.92 Å². The van der Waals surface area contributed by atoms with Crippen LogP contribution in [0.2, 0.25) is 0 Å². The van der Waals surface area contributed by atoms with E-state index in [1.807, 2.05) is 6.92 Å². The molecule has 0 aromatic heterocycles. The van der Waals surface area contributed by atoms with Crippen LogP contribution in [0, 0.1) is 0 Å². The smallest absolute Gasteiger partial charge is 0.151 e. The second-order valence-corrected chi connectivity index (χ2v) is 5.33. The summed E-state index contributed by atoms with van der Waals surface area (Å²) in [5, 5.41) is 0. The van der Waals surface area contributed by atoms with Gasteiger partial charge in [0, 0.05) is 12.2 Å². The van der Waals surface area contributed by atoms with Crippen LogP contribution in [0.3, 0.4) is 0 Å². The first-order valence-electron chi connectivity index (χ1n) is 4.51. The van der Waals surface area contributed by atoms with Crippen molar-refractivity contribution in [2.24, 2.45) is 10.7 Å². The monoisotopic (exact) mass is 206 g/mol. The Morgan fingerprint density at radius 2 is 2.00 bits per heavy atom. The number of nitrogens with two attached hydrogens (primary N) is 1. The van der Waals surface area contributed by atoms with Crippen LogP contribution in [0.5, 0.6) is 0 Å². The molecule has 0 amide bonds. The van der Waals surface area contributed by atoms with Crippen molar-refractivity contribution in [2.75, 3.05) is 18.1 Å². The molecule has 78 valence electrons. The average Bonchev–Trinajstić information content (AvgIpc) is 2.05. The quantitative estimate of drug-likeness (QED) is 0.510. The summed E-state index contributed by atoms with van der Waals surface area (Å²) in [7, 11) is -2.89. The van der Waals surface area contributed by atoms with Gasteiger partial charge in [0.2, 0.25) is 0 Å². The summed E-state index contributed by atoms with van der Waals surface area (Å²) in [6.07, 6.45) is 1.68. The van der Waals surface area contributed by atoms with Gasteiger partial charge in [0.05, 0.1) is 18.1 Å². The third kappa shape index (κ3) is 6.57. The minimum atomic E-state index is -2.89. The fraction of sp³-hybridized carbons (Fsp3) is 0.875. The molecule has 0 saturated heterocycles. The largest absolute Gasteiger partial charge is 0.387 e. The highest BCUT2D eigenvalue weighted by molar-refractivity contribution is 7.91. The number of hydrogen-bond donors (Lipinski definition) is 1. The summed E-state index contributed by atoms with van der Waals surface area (Å²) in [6.45, 7) is 3.93. The van der Waals surface area contributed by atoms with Crippen molar-refractivity contribution < 1.29 is 8.42 Å². The second kappa shape index (κ2) is 5.96. The highest BCUT2D eigenvalue weighted by Gasteiger charge is 2.05. The van der Waals surface area contributed by atoms with Gasteiger partial charge in [-0.2, -0.15) is 0 Å². The van der Waals surface area contributed by atoms with Crippen molar-refractivity contribution in [3.63, 3.8) is 0 Å². The summed E-state index contributed by atoms with van der Waals surface area (Å²) in [5.41, 5.74) is 5.51. The Labute approximate surface area is 80.2 Å². The number of amidine groups is 1. The molecule has 0 bridgehead atoms. The normalized spacial score (nSPS) is 13.2. The zero-order valence-electron chi connectivity index (χ0n) is 8.28. The topological polar surface area (TPSA) is 72.5 Å². The highest BCUT2D eigenvalue weighted by atomic mass is 32.2. The molecule has 0 aliphatic rings. The lowest BCUT2D eigenvalue weighted by atomic mass is 10.3. The molecule has 0 unspecified atom stereocenters. The number of nitrogens with zero attached hydrogens (tertiary/aromatic N) is 1. The molecule has 0 rings (SSSR count). The summed E-state index contributed by atoms with van der Waals surface area (Å²) in [4.78, 5) is 3.96. The molecule has 0 atom stereocenters. The van der Waals surface area contributed by atoms with Gasteiger partial charge < -0.3 is 5.73 Å². The van der Waals surface area contributed by atoms with Crippen LogP contribution in [0.25, 0.3) is 0 Å². The molecule has 0 radical (unpaired) electrons. The molecule has 0 heterocycles. The van der Waals surface area contributed by atoms with E-state index >= 15 is 0 Å². The molecular formula is C8H18N2O2S. The molecule has 0 saturated carbocycles. The molecule has 4 nitrogen and oxygen atoms in total. The van der Waals surface area contributed by atoms with E-state index in [1.165, 1.54) is 0 Å². The lowest BCUT2D eigenvalue weighted by Crippen LogP contribution is -2.16. The summed E-state index contributed by atoms with van der Waals surface area (Å²) in [6, 6.07) is 0. The standard InChI is InChI=1S/C8H18N2O2S/c1-3-5-8(9)10-6-7-13(11,12)4-2/h3-7H2,1-2H3,(H2,9,10). The molecule has 13 heavy (non-hydrogen) atoms. The fourth-order valence-electron chi connectivity index (χ4n) is 0.808. The van der Waals surface area contributed by atoms with Crippen molar-refractivity contribution in [2.45, 2.75) is 26.7 Å². The van der Waals surface area contributed by atoms with Gasteiger partial charge in [-0.3, -0.25) is 4.99 Å². The fourth-order valence-corrected chi connectivity index (χ4v) is 1.47. The lowest BCUT2D eigenvalue weighted by Gasteiger charge is -1.99. The van der Waals surface area contributed by atoms with E-state index in [0.717, 1.165) is 12.8 Å². The molecule has 0 aromatic rings. The first-order chi connectivity index (χ1) is 6.02. The molecule has 0 fully saturated rings. The van der Waals surface area contributed by atoms with E-state index in [0.29, 0.717) is 12.4 Å². The van der Waals surface area contributed by atoms with E-state index in [4.69, 9.17) is 5.73 Å².